The van der Waals surface area contributed by atoms with Crippen LogP contribution in [-0.2, 0) is 20.7 Å². The van der Waals surface area contributed by atoms with Gasteiger partial charge in [-0.2, -0.15) is 0 Å². The Morgan fingerprint density at radius 2 is 2.12 bits per heavy atom. The van der Waals surface area contributed by atoms with Crippen molar-refractivity contribution >= 4 is 5.91 Å². The van der Waals surface area contributed by atoms with Gasteiger partial charge < -0.3 is 19.5 Å². The van der Waals surface area contributed by atoms with Gasteiger partial charge in [-0.05, 0) is 37.3 Å². The number of benzene rings is 1. The van der Waals surface area contributed by atoms with Gasteiger partial charge in [0.15, 0.2) is 6.10 Å². The van der Waals surface area contributed by atoms with Crippen molar-refractivity contribution < 1.29 is 19.4 Å². The number of aliphatic hydroxyl groups excluding tert-OH is 1. The summed E-state index contributed by atoms with van der Waals surface area (Å²) in [4.78, 5) is 14.9. The molecule has 136 valence electrons. The van der Waals surface area contributed by atoms with Crippen LogP contribution in [0.15, 0.2) is 24.3 Å². The van der Waals surface area contributed by atoms with Crippen LogP contribution in [0.2, 0.25) is 0 Å². The van der Waals surface area contributed by atoms with Crippen LogP contribution < -0.4 is 0 Å². The van der Waals surface area contributed by atoms with Crippen molar-refractivity contribution in [1.82, 2.24) is 4.90 Å². The standard InChI is InChI=1S/C20H27NO4/c1-2-24-17-13-16(22)20(17)8-10-21(11-9-20)19(23)18-15-6-4-3-5-14(15)7-12-25-18/h3-6,16-18,22H,2,7-13H2,1H3. The molecule has 2 heterocycles. The number of amides is 1. The number of aliphatic hydroxyl groups is 1. The number of fused-ring (bicyclic) bond motifs is 1. The van der Waals surface area contributed by atoms with Gasteiger partial charge in [0.05, 0.1) is 18.8 Å². The minimum atomic E-state index is -0.479. The van der Waals surface area contributed by atoms with Crippen molar-refractivity contribution in [3.05, 3.63) is 35.4 Å². The van der Waals surface area contributed by atoms with E-state index in [4.69, 9.17) is 9.47 Å². The molecule has 1 aliphatic carbocycles. The quantitative estimate of drug-likeness (QED) is 0.911. The lowest BCUT2D eigenvalue weighted by molar-refractivity contribution is -0.211. The van der Waals surface area contributed by atoms with E-state index in [-0.39, 0.29) is 23.5 Å². The van der Waals surface area contributed by atoms with Crippen molar-refractivity contribution in [2.75, 3.05) is 26.3 Å². The average molecular weight is 345 g/mol. The van der Waals surface area contributed by atoms with E-state index in [1.165, 1.54) is 5.56 Å². The molecule has 3 unspecified atom stereocenters. The number of rotatable bonds is 3. The minimum Gasteiger partial charge on any atom is -0.392 e. The van der Waals surface area contributed by atoms with E-state index in [0.29, 0.717) is 26.3 Å². The molecule has 1 aromatic carbocycles. The van der Waals surface area contributed by atoms with E-state index >= 15 is 0 Å². The van der Waals surface area contributed by atoms with Gasteiger partial charge in [-0.25, -0.2) is 0 Å². The van der Waals surface area contributed by atoms with Crippen LogP contribution in [0.5, 0.6) is 0 Å². The maximum Gasteiger partial charge on any atom is 0.256 e. The molecule has 0 radical (unpaired) electrons. The number of carbonyl (C=O) groups is 1. The van der Waals surface area contributed by atoms with Crippen molar-refractivity contribution in [3.63, 3.8) is 0 Å². The summed E-state index contributed by atoms with van der Waals surface area (Å²) in [6.07, 6.45) is 2.56. The zero-order valence-electron chi connectivity index (χ0n) is 14.8. The molecular formula is C20H27NO4. The molecule has 0 bridgehead atoms. The van der Waals surface area contributed by atoms with Crippen LogP contribution in [0, 0.1) is 5.41 Å². The lowest BCUT2D eigenvalue weighted by atomic mass is 9.58. The first-order chi connectivity index (χ1) is 12.2. The van der Waals surface area contributed by atoms with Crippen LogP contribution in [-0.4, -0.2) is 54.4 Å². The number of hydrogen-bond donors (Lipinski definition) is 1. The van der Waals surface area contributed by atoms with Crippen LogP contribution in [0.25, 0.3) is 0 Å². The van der Waals surface area contributed by atoms with Gasteiger partial charge in [0.25, 0.3) is 5.91 Å². The largest absolute Gasteiger partial charge is 0.392 e. The molecule has 1 saturated carbocycles. The molecule has 1 aromatic rings. The third-order valence-electron chi connectivity index (χ3n) is 6.33. The van der Waals surface area contributed by atoms with Gasteiger partial charge in [-0.1, -0.05) is 24.3 Å². The Hall–Kier alpha value is -1.43. The van der Waals surface area contributed by atoms with Crippen molar-refractivity contribution in [1.29, 1.82) is 0 Å². The molecule has 1 N–H and O–H groups in total. The van der Waals surface area contributed by atoms with E-state index < -0.39 is 6.10 Å². The summed E-state index contributed by atoms with van der Waals surface area (Å²) in [7, 11) is 0. The van der Waals surface area contributed by atoms with E-state index in [1.807, 2.05) is 30.0 Å². The molecule has 3 aliphatic rings. The second-order valence-corrected chi connectivity index (χ2v) is 7.45. The third kappa shape index (κ3) is 2.78. The predicted octanol–water partition coefficient (Wildman–Crippen LogP) is 2.08. The van der Waals surface area contributed by atoms with E-state index in [2.05, 4.69) is 6.07 Å². The van der Waals surface area contributed by atoms with E-state index in [1.54, 1.807) is 0 Å². The number of carbonyl (C=O) groups excluding carboxylic acids is 1. The fourth-order valence-corrected chi connectivity index (χ4v) is 4.72. The molecule has 2 aliphatic heterocycles. The predicted molar refractivity (Wildman–Crippen MR) is 93.1 cm³/mol. The number of likely N-dealkylation sites (tertiary alicyclic amines) is 1. The molecule has 0 aromatic heterocycles. The summed E-state index contributed by atoms with van der Waals surface area (Å²) in [6.45, 7) is 4.60. The van der Waals surface area contributed by atoms with E-state index in [9.17, 15) is 9.90 Å². The number of ether oxygens (including phenoxy) is 2. The Morgan fingerprint density at radius 3 is 2.84 bits per heavy atom. The topological polar surface area (TPSA) is 59.0 Å². The molecule has 5 heteroatoms. The van der Waals surface area contributed by atoms with Crippen LogP contribution in [0.1, 0.15) is 43.4 Å². The van der Waals surface area contributed by atoms with Crippen molar-refractivity contribution in [2.24, 2.45) is 5.41 Å². The monoisotopic (exact) mass is 345 g/mol. The number of piperidine rings is 1. The highest BCUT2D eigenvalue weighted by atomic mass is 16.5. The third-order valence-corrected chi connectivity index (χ3v) is 6.33. The Kier molecular flexibility index (Phi) is 4.56. The van der Waals surface area contributed by atoms with Gasteiger partial charge in [-0.3, -0.25) is 4.79 Å². The van der Waals surface area contributed by atoms with Gasteiger partial charge in [-0.15, -0.1) is 0 Å². The molecule has 2 fully saturated rings. The SMILES string of the molecule is CCOC1CC(O)C12CCN(C(=O)C1OCCc3ccccc31)CC2. The van der Waals surface area contributed by atoms with Gasteiger partial charge in [0.1, 0.15) is 0 Å². The zero-order chi connectivity index (χ0) is 17.4. The molecule has 3 atom stereocenters. The van der Waals surface area contributed by atoms with Crippen molar-refractivity contribution in [3.8, 4) is 0 Å². The summed E-state index contributed by atoms with van der Waals surface area (Å²) in [5.74, 6) is 0.0590. The fraction of sp³-hybridized carbons (Fsp3) is 0.650. The van der Waals surface area contributed by atoms with Crippen LogP contribution >= 0.6 is 0 Å². The first kappa shape index (κ1) is 17.0. The number of nitrogens with zero attached hydrogens (tertiary/aromatic N) is 1. The molecule has 1 spiro atoms. The minimum absolute atomic E-state index is 0.0590. The smallest absolute Gasteiger partial charge is 0.256 e. The zero-order valence-corrected chi connectivity index (χ0v) is 14.8. The van der Waals surface area contributed by atoms with E-state index in [0.717, 1.165) is 31.2 Å². The van der Waals surface area contributed by atoms with Gasteiger partial charge in [0, 0.05) is 31.5 Å². The molecule has 25 heavy (non-hydrogen) atoms. The highest BCUT2D eigenvalue weighted by Crippen LogP contribution is 2.51. The van der Waals surface area contributed by atoms with Crippen molar-refractivity contribution in [2.45, 2.75) is 50.9 Å². The maximum absolute atomic E-state index is 13.0. The second-order valence-electron chi connectivity index (χ2n) is 7.45. The van der Waals surface area contributed by atoms with Gasteiger partial charge >= 0.3 is 0 Å². The molecule has 4 rings (SSSR count). The Labute approximate surface area is 148 Å². The summed E-state index contributed by atoms with van der Waals surface area (Å²) >= 11 is 0. The first-order valence-electron chi connectivity index (χ1n) is 9.43. The average Bonchev–Trinajstić information content (AvgIpc) is 2.67. The fourth-order valence-electron chi connectivity index (χ4n) is 4.72. The maximum atomic E-state index is 13.0. The van der Waals surface area contributed by atoms with Crippen LogP contribution in [0.3, 0.4) is 0 Å². The molecular weight excluding hydrogens is 318 g/mol. The highest BCUT2D eigenvalue weighted by Gasteiger charge is 2.56. The first-order valence-corrected chi connectivity index (χ1v) is 9.43. The molecule has 1 saturated heterocycles. The summed E-state index contributed by atoms with van der Waals surface area (Å²) in [5.41, 5.74) is 2.07. The highest BCUT2D eigenvalue weighted by molar-refractivity contribution is 5.83. The Balaban J connectivity index is 1.44. The van der Waals surface area contributed by atoms with Gasteiger partial charge in [0.2, 0.25) is 0 Å². The lowest BCUT2D eigenvalue weighted by Gasteiger charge is -2.56. The summed E-state index contributed by atoms with van der Waals surface area (Å²) in [6, 6.07) is 8.07. The second kappa shape index (κ2) is 6.71. The summed E-state index contributed by atoms with van der Waals surface area (Å²) in [5, 5.41) is 10.3. The van der Waals surface area contributed by atoms with Crippen LogP contribution in [0.4, 0.5) is 0 Å². The Bertz CT molecular complexity index is 636. The molecule has 1 amide bonds. The normalized spacial score (nSPS) is 30.6. The Morgan fingerprint density at radius 1 is 1.36 bits per heavy atom. The molecule has 5 nitrogen and oxygen atoms in total. The number of hydrogen-bond acceptors (Lipinski definition) is 4. The lowest BCUT2D eigenvalue weighted by Crippen LogP contribution is -2.63. The summed E-state index contributed by atoms with van der Waals surface area (Å²) < 4.78 is 11.6.